The molecule has 88 valence electrons. The Bertz CT molecular complexity index is 478. The first-order valence-electron chi connectivity index (χ1n) is 5.30. The highest BCUT2D eigenvalue weighted by atomic mass is 79.9. The van der Waals surface area contributed by atoms with Crippen molar-refractivity contribution in [2.75, 3.05) is 6.61 Å². The van der Waals surface area contributed by atoms with Crippen molar-refractivity contribution in [3.8, 4) is 6.07 Å². The van der Waals surface area contributed by atoms with Crippen LogP contribution < -0.4 is 0 Å². The summed E-state index contributed by atoms with van der Waals surface area (Å²) in [5.74, 6) is -0.386. The van der Waals surface area contributed by atoms with Gasteiger partial charge < -0.3 is 4.74 Å². The van der Waals surface area contributed by atoms with Gasteiger partial charge in [-0.05, 0) is 34.8 Å². The van der Waals surface area contributed by atoms with Crippen LogP contribution in [-0.4, -0.2) is 17.6 Å². The summed E-state index contributed by atoms with van der Waals surface area (Å²) in [7, 11) is 0. The molecule has 0 amide bonds. The molecule has 0 radical (unpaired) electrons. The van der Waals surface area contributed by atoms with Gasteiger partial charge in [0.15, 0.2) is 0 Å². The number of aromatic nitrogens is 1. The third-order valence-electron chi connectivity index (χ3n) is 2.86. The fourth-order valence-corrected chi connectivity index (χ4v) is 1.91. The lowest BCUT2D eigenvalue weighted by Crippen LogP contribution is -2.15. The predicted octanol–water partition coefficient (Wildman–Crippen LogP) is 2.69. The molecule has 0 bridgehead atoms. The standard InChI is InChI=1S/C12H11BrN2O2/c13-10-5-9(6-15-7-10)11(16)17-8-12(1-2-12)3-4-14/h5-7H,1-3,8H2. The van der Waals surface area contributed by atoms with E-state index in [1.165, 1.54) is 6.20 Å². The molecule has 1 aliphatic rings. The summed E-state index contributed by atoms with van der Waals surface area (Å²) in [5, 5.41) is 8.65. The molecular weight excluding hydrogens is 284 g/mol. The Hall–Kier alpha value is -1.41. The van der Waals surface area contributed by atoms with Gasteiger partial charge in [0, 0.05) is 28.7 Å². The van der Waals surface area contributed by atoms with Crippen molar-refractivity contribution in [2.45, 2.75) is 19.3 Å². The first kappa shape index (κ1) is 12.1. The molecule has 1 fully saturated rings. The maximum atomic E-state index is 11.7. The van der Waals surface area contributed by atoms with E-state index in [0.717, 1.165) is 17.3 Å². The van der Waals surface area contributed by atoms with Gasteiger partial charge in [-0.25, -0.2) is 4.79 Å². The van der Waals surface area contributed by atoms with E-state index in [0.29, 0.717) is 18.6 Å². The van der Waals surface area contributed by atoms with Crippen LogP contribution in [0.4, 0.5) is 0 Å². The van der Waals surface area contributed by atoms with Gasteiger partial charge in [-0.2, -0.15) is 5.26 Å². The number of rotatable bonds is 4. The first-order valence-corrected chi connectivity index (χ1v) is 6.09. The molecule has 0 N–H and O–H groups in total. The van der Waals surface area contributed by atoms with Crippen LogP contribution in [0.1, 0.15) is 29.6 Å². The molecule has 1 aromatic heterocycles. The molecule has 4 nitrogen and oxygen atoms in total. The summed E-state index contributed by atoms with van der Waals surface area (Å²) in [4.78, 5) is 15.6. The summed E-state index contributed by atoms with van der Waals surface area (Å²) in [6.07, 6.45) is 5.46. The molecule has 0 saturated heterocycles. The zero-order valence-corrected chi connectivity index (χ0v) is 10.7. The molecule has 0 atom stereocenters. The Kier molecular flexibility index (Phi) is 3.43. The monoisotopic (exact) mass is 294 g/mol. The summed E-state index contributed by atoms with van der Waals surface area (Å²) in [5.41, 5.74) is 0.344. The van der Waals surface area contributed by atoms with Crippen LogP contribution in [0.5, 0.6) is 0 Å². The number of hydrogen-bond donors (Lipinski definition) is 0. The summed E-state index contributed by atoms with van der Waals surface area (Å²) >= 11 is 3.24. The van der Waals surface area contributed by atoms with Crippen LogP contribution in [0, 0.1) is 16.7 Å². The Morgan fingerprint density at radius 3 is 2.94 bits per heavy atom. The number of esters is 1. The van der Waals surface area contributed by atoms with Gasteiger partial charge in [-0.15, -0.1) is 0 Å². The fraction of sp³-hybridized carbons (Fsp3) is 0.417. The predicted molar refractivity (Wildman–Crippen MR) is 64.1 cm³/mol. The van der Waals surface area contributed by atoms with Crippen LogP contribution >= 0.6 is 15.9 Å². The SMILES string of the molecule is N#CCC1(COC(=O)c2cncc(Br)c2)CC1. The van der Waals surface area contributed by atoms with E-state index in [1.54, 1.807) is 12.3 Å². The van der Waals surface area contributed by atoms with Crippen molar-refractivity contribution in [1.82, 2.24) is 4.98 Å². The second kappa shape index (κ2) is 4.84. The average molecular weight is 295 g/mol. The van der Waals surface area contributed by atoms with Crippen LogP contribution in [-0.2, 0) is 4.74 Å². The number of carbonyl (C=O) groups excluding carboxylic acids is 1. The van der Waals surface area contributed by atoms with E-state index in [9.17, 15) is 4.79 Å². The summed E-state index contributed by atoms with van der Waals surface area (Å²) in [6, 6.07) is 3.80. The van der Waals surface area contributed by atoms with E-state index in [-0.39, 0.29) is 11.4 Å². The quantitative estimate of drug-likeness (QED) is 0.801. The lowest BCUT2D eigenvalue weighted by Gasteiger charge is -2.11. The van der Waals surface area contributed by atoms with Crippen molar-refractivity contribution < 1.29 is 9.53 Å². The molecule has 0 spiro atoms. The van der Waals surface area contributed by atoms with Crippen LogP contribution in [0.15, 0.2) is 22.9 Å². The molecule has 1 saturated carbocycles. The Balaban J connectivity index is 1.92. The van der Waals surface area contributed by atoms with Gasteiger partial charge in [0.25, 0.3) is 0 Å². The number of nitrogens with zero attached hydrogens (tertiary/aromatic N) is 2. The first-order chi connectivity index (χ1) is 8.15. The lowest BCUT2D eigenvalue weighted by atomic mass is 10.1. The number of ether oxygens (including phenoxy) is 1. The molecule has 1 aromatic rings. The second-order valence-corrected chi connectivity index (χ2v) is 5.22. The minimum absolute atomic E-state index is 0.0795. The highest BCUT2D eigenvalue weighted by molar-refractivity contribution is 9.10. The number of hydrogen-bond acceptors (Lipinski definition) is 4. The maximum absolute atomic E-state index is 11.7. The van der Waals surface area contributed by atoms with E-state index < -0.39 is 0 Å². The van der Waals surface area contributed by atoms with E-state index in [1.807, 2.05) is 0 Å². The normalized spacial score (nSPS) is 16.0. The Labute approximate surface area is 108 Å². The zero-order valence-electron chi connectivity index (χ0n) is 9.15. The molecule has 17 heavy (non-hydrogen) atoms. The van der Waals surface area contributed by atoms with Crippen LogP contribution in [0.3, 0.4) is 0 Å². The minimum atomic E-state index is -0.386. The second-order valence-electron chi connectivity index (χ2n) is 4.30. The maximum Gasteiger partial charge on any atom is 0.339 e. The zero-order chi connectivity index (χ0) is 12.3. The smallest absolute Gasteiger partial charge is 0.339 e. The molecule has 1 heterocycles. The third kappa shape index (κ3) is 3.04. The molecule has 1 aliphatic carbocycles. The van der Waals surface area contributed by atoms with Crippen LogP contribution in [0.25, 0.3) is 0 Å². The van der Waals surface area contributed by atoms with Crippen molar-refractivity contribution in [3.05, 3.63) is 28.5 Å². The Morgan fingerprint density at radius 2 is 2.35 bits per heavy atom. The van der Waals surface area contributed by atoms with Gasteiger partial charge in [0.1, 0.15) is 0 Å². The molecule has 5 heteroatoms. The van der Waals surface area contributed by atoms with Gasteiger partial charge in [-0.1, -0.05) is 0 Å². The lowest BCUT2D eigenvalue weighted by molar-refractivity contribution is 0.0419. The molecular formula is C12H11BrN2O2. The van der Waals surface area contributed by atoms with Gasteiger partial charge >= 0.3 is 5.97 Å². The summed E-state index contributed by atoms with van der Waals surface area (Å²) in [6.45, 7) is 0.325. The van der Waals surface area contributed by atoms with Crippen LogP contribution in [0.2, 0.25) is 0 Å². The highest BCUT2D eigenvalue weighted by Gasteiger charge is 2.43. The Morgan fingerprint density at radius 1 is 1.59 bits per heavy atom. The topological polar surface area (TPSA) is 63.0 Å². The van der Waals surface area contributed by atoms with Crippen molar-refractivity contribution in [3.63, 3.8) is 0 Å². The number of halogens is 1. The van der Waals surface area contributed by atoms with Crippen molar-refractivity contribution in [1.29, 1.82) is 5.26 Å². The third-order valence-corrected chi connectivity index (χ3v) is 3.29. The van der Waals surface area contributed by atoms with E-state index in [2.05, 4.69) is 27.0 Å². The molecule has 0 aliphatic heterocycles. The number of pyridine rings is 1. The molecule has 2 rings (SSSR count). The van der Waals surface area contributed by atoms with Gasteiger partial charge in [0.05, 0.1) is 18.2 Å². The largest absolute Gasteiger partial charge is 0.461 e. The van der Waals surface area contributed by atoms with Gasteiger partial charge in [0.2, 0.25) is 0 Å². The van der Waals surface area contributed by atoms with Crippen molar-refractivity contribution in [2.24, 2.45) is 5.41 Å². The van der Waals surface area contributed by atoms with Crippen molar-refractivity contribution >= 4 is 21.9 Å². The minimum Gasteiger partial charge on any atom is -0.461 e. The molecule has 0 unspecified atom stereocenters. The number of carbonyl (C=O) groups is 1. The summed E-state index contributed by atoms with van der Waals surface area (Å²) < 4.78 is 5.95. The van der Waals surface area contributed by atoms with E-state index in [4.69, 9.17) is 10.00 Å². The average Bonchev–Trinajstić information content (AvgIpc) is 3.07. The fourth-order valence-electron chi connectivity index (χ4n) is 1.54. The highest BCUT2D eigenvalue weighted by Crippen LogP contribution is 2.48. The molecule has 0 aromatic carbocycles. The van der Waals surface area contributed by atoms with E-state index >= 15 is 0 Å². The number of nitriles is 1. The van der Waals surface area contributed by atoms with Gasteiger partial charge in [-0.3, -0.25) is 4.98 Å².